The number of rotatable bonds is 7. The molecular formula is C23H28IN3O2S. The Kier molecular flexibility index (Phi) is 9.10. The monoisotopic (exact) mass is 537 g/mol. The van der Waals surface area contributed by atoms with Crippen LogP contribution in [0.5, 0.6) is 0 Å². The van der Waals surface area contributed by atoms with E-state index in [1.165, 1.54) is 22.6 Å². The number of aliphatic imine (C=N–C) groups is 1. The molecule has 5 nitrogen and oxygen atoms in total. The molecule has 0 unspecified atom stereocenters. The average molecular weight is 537 g/mol. The van der Waals surface area contributed by atoms with Crippen LogP contribution in [-0.4, -0.2) is 40.8 Å². The summed E-state index contributed by atoms with van der Waals surface area (Å²) in [6, 6.07) is 21.8. The first-order valence-corrected chi connectivity index (χ1v) is 11.6. The summed E-state index contributed by atoms with van der Waals surface area (Å²) in [7, 11) is -1.39. The number of sulfone groups is 1. The SMILES string of the molecule is CN=C(NCCc1ccc(S(C)(=O)=O)cc1)NCCc1cccc2ccccc12.I. The predicted octanol–water partition coefficient (Wildman–Crippen LogP) is 3.81. The molecule has 0 saturated heterocycles. The Bertz CT molecular complexity index is 1090. The maximum Gasteiger partial charge on any atom is 0.190 e. The fraction of sp³-hybridized carbons (Fsp3) is 0.261. The van der Waals surface area contributed by atoms with Crippen LogP contribution in [0, 0.1) is 0 Å². The zero-order valence-electron chi connectivity index (χ0n) is 17.3. The molecule has 0 fully saturated rings. The van der Waals surface area contributed by atoms with E-state index in [1.54, 1.807) is 19.2 Å². The number of halogens is 1. The van der Waals surface area contributed by atoms with E-state index in [-0.39, 0.29) is 24.0 Å². The lowest BCUT2D eigenvalue weighted by atomic mass is 10.0. The summed E-state index contributed by atoms with van der Waals surface area (Å²) in [6.45, 7) is 1.50. The minimum Gasteiger partial charge on any atom is -0.356 e. The van der Waals surface area contributed by atoms with Gasteiger partial charge < -0.3 is 10.6 Å². The van der Waals surface area contributed by atoms with Gasteiger partial charge in [-0.3, -0.25) is 4.99 Å². The van der Waals surface area contributed by atoms with E-state index < -0.39 is 9.84 Å². The molecule has 160 valence electrons. The van der Waals surface area contributed by atoms with Gasteiger partial charge in [0.2, 0.25) is 0 Å². The van der Waals surface area contributed by atoms with Crippen molar-refractivity contribution in [2.45, 2.75) is 17.7 Å². The van der Waals surface area contributed by atoms with Crippen LogP contribution in [-0.2, 0) is 22.7 Å². The number of nitrogens with one attached hydrogen (secondary N) is 2. The second kappa shape index (κ2) is 11.3. The highest BCUT2D eigenvalue weighted by molar-refractivity contribution is 14.0. The molecule has 0 spiro atoms. The van der Waals surface area contributed by atoms with Crippen molar-refractivity contribution in [1.29, 1.82) is 0 Å². The highest BCUT2D eigenvalue weighted by atomic mass is 127. The van der Waals surface area contributed by atoms with E-state index in [4.69, 9.17) is 0 Å². The van der Waals surface area contributed by atoms with Gasteiger partial charge in [-0.25, -0.2) is 8.42 Å². The van der Waals surface area contributed by atoms with Gasteiger partial charge in [-0.1, -0.05) is 54.6 Å². The zero-order valence-corrected chi connectivity index (χ0v) is 20.4. The molecule has 0 amide bonds. The minimum absolute atomic E-state index is 0. The molecule has 2 N–H and O–H groups in total. The summed E-state index contributed by atoms with van der Waals surface area (Å²) in [6.07, 6.45) is 2.92. The van der Waals surface area contributed by atoms with Crippen LogP contribution in [0.3, 0.4) is 0 Å². The second-order valence-electron chi connectivity index (χ2n) is 6.98. The van der Waals surface area contributed by atoms with Crippen molar-refractivity contribution in [3.63, 3.8) is 0 Å². The normalized spacial score (nSPS) is 11.7. The molecular weight excluding hydrogens is 509 g/mol. The van der Waals surface area contributed by atoms with E-state index in [0.717, 1.165) is 30.9 Å². The molecule has 3 rings (SSSR count). The molecule has 30 heavy (non-hydrogen) atoms. The topological polar surface area (TPSA) is 70.6 Å². The van der Waals surface area contributed by atoms with E-state index in [9.17, 15) is 8.42 Å². The van der Waals surface area contributed by atoms with Crippen molar-refractivity contribution >= 4 is 50.5 Å². The van der Waals surface area contributed by atoms with Gasteiger partial charge in [0.25, 0.3) is 0 Å². The van der Waals surface area contributed by atoms with Crippen LogP contribution in [0.2, 0.25) is 0 Å². The molecule has 0 saturated carbocycles. The van der Waals surface area contributed by atoms with Crippen LogP contribution in [0.1, 0.15) is 11.1 Å². The second-order valence-corrected chi connectivity index (χ2v) is 9.00. The molecule has 0 aliphatic rings. The first kappa shape index (κ1) is 24.1. The van der Waals surface area contributed by atoms with Gasteiger partial charge in [-0.05, 0) is 46.9 Å². The maximum absolute atomic E-state index is 11.5. The third-order valence-electron chi connectivity index (χ3n) is 4.85. The largest absolute Gasteiger partial charge is 0.356 e. The van der Waals surface area contributed by atoms with Crippen LogP contribution in [0.25, 0.3) is 10.8 Å². The number of fused-ring (bicyclic) bond motifs is 1. The molecule has 3 aromatic carbocycles. The lowest BCUT2D eigenvalue weighted by molar-refractivity contribution is 0.602. The van der Waals surface area contributed by atoms with Crippen LogP contribution < -0.4 is 10.6 Å². The van der Waals surface area contributed by atoms with Gasteiger partial charge in [0.05, 0.1) is 4.90 Å². The highest BCUT2D eigenvalue weighted by Crippen LogP contribution is 2.18. The number of benzene rings is 3. The fourth-order valence-electron chi connectivity index (χ4n) is 3.28. The minimum atomic E-state index is -3.15. The standard InChI is InChI=1S/C23H27N3O2S.HI/c1-24-23(25-16-14-18-10-12-21(13-11-18)29(2,27)28)26-17-15-20-8-5-7-19-6-3-4-9-22(19)20;/h3-13H,14-17H2,1-2H3,(H2,24,25,26);1H. The van der Waals surface area contributed by atoms with Crippen molar-refractivity contribution in [2.75, 3.05) is 26.4 Å². The number of nitrogens with zero attached hydrogens (tertiary/aromatic N) is 1. The summed E-state index contributed by atoms with van der Waals surface area (Å²) >= 11 is 0. The molecule has 0 atom stereocenters. The molecule has 0 aliphatic carbocycles. The summed E-state index contributed by atoms with van der Waals surface area (Å²) in [4.78, 5) is 4.62. The smallest absolute Gasteiger partial charge is 0.190 e. The van der Waals surface area contributed by atoms with Crippen molar-refractivity contribution in [2.24, 2.45) is 4.99 Å². The first-order chi connectivity index (χ1) is 14.0. The summed E-state index contributed by atoms with van der Waals surface area (Å²) < 4.78 is 23.1. The van der Waals surface area contributed by atoms with Gasteiger partial charge in [0.15, 0.2) is 15.8 Å². The third-order valence-corrected chi connectivity index (χ3v) is 5.98. The van der Waals surface area contributed by atoms with Crippen molar-refractivity contribution in [1.82, 2.24) is 10.6 Å². The molecule has 7 heteroatoms. The Morgan fingerprint density at radius 3 is 2.17 bits per heavy atom. The molecule has 0 bridgehead atoms. The van der Waals surface area contributed by atoms with E-state index in [2.05, 4.69) is 58.1 Å². The van der Waals surface area contributed by atoms with Crippen molar-refractivity contribution in [3.05, 3.63) is 77.9 Å². The fourth-order valence-corrected chi connectivity index (χ4v) is 3.91. The van der Waals surface area contributed by atoms with Gasteiger partial charge in [-0.2, -0.15) is 0 Å². The molecule has 0 radical (unpaired) electrons. The van der Waals surface area contributed by atoms with Crippen LogP contribution in [0.15, 0.2) is 76.6 Å². The van der Waals surface area contributed by atoms with E-state index >= 15 is 0 Å². The average Bonchev–Trinajstić information content (AvgIpc) is 2.72. The summed E-state index contributed by atoms with van der Waals surface area (Å²) in [5.74, 6) is 0.762. The molecule has 3 aromatic rings. The Balaban J connectivity index is 0.00000320. The van der Waals surface area contributed by atoms with Crippen LogP contribution in [0.4, 0.5) is 0 Å². The predicted molar refractivity (Wildman–Crippen MR) is 136 cm³/mol. The van der Waals surface area contributed by atoms with Gasteiger partial charge in [0.1, 0.15) is 0 Å². The van der Waals surface area contributed by atoms with Crippen molar-refractivity contribution < 1.29 is 8.42 Å². The lowest BCUT2D eigenvalue weighted by Crippen LogP contribution is -2.39. The van der Waals surface area contributed by atoms with E-state index in [0.29, 0.717) is 11.4 Å². The summed E-state index contributed by atoms with van der Waals surface area (Å²) in [5.41, 5.74) is 2.40. The Labute approximate surface area is 195 Å². The molecule has 0 aliphatic heterocycles. The lowest BCUT2D eigenvalue weighted by Gasteiger charge is -2.13. The maximum atomic E-state index is 11.5. The Morgan fingerprint density at radius 2 is 1.50 bits per heavy atom. The molecule has 0 heterocycles. The highest BCUT2D eigenvalue weighted by Gasteiger charge is 2.06. The third kappa shape index (κ3) is 6.70. The Hall–Kier alpha value is -2.13. The summed E-state index contributed by atoms with van der Waals surface area (Å²) in [5, 5.41) is 9.21. The Morgan fingerprint density at radius 1 is 0.867 bits per heavy atom. The number of hydrogen-bond donors (Lipinski definition) is 2. The quantitative estimate of drug-likeness (QED) is 0.273. The van der Waals surface area contributed by atoms with E-state index in [1.807, 2.05) is 12.1 Å². The van der Waals surface area contributed by atoms with Crippen LogP contribution >= 0.6 is 24.0 Å². The van der Waals surface area contributed by atoms with Crippen molar-refractivity contribution in [3.8, 4) is 0 Å². The number of hydrogen-bond acceptors (Lipinski definition) is 3. The molecule has 0 aromatic heterocycles. The zero-order chi connectivity index (χ0) is 20.7. The number of guanidine groups is 1. The van der Waals surface area contributed by atoms with Gasteiger partial charge >= 0.3 is 0 Å². The van der Waals surface area contributed by atoms with Gasteiger partial charge in [0, 0.05) is 26.4 Å². The first-order valence-electron chi connectivity index (χ1n) is 9.67. The van der Waals surface area contributed by atoms with Gasteiger partial charge in [-0.15, -0.1) is 24.0 Å².